The van der Waals surface area contributed by atoms with Crippen molar-refractivity contribution >= 4 is 15.9 Å². The molecule has 2 rings (SSSR count). The molecule has 1 aliphatic carbocycles. The third kappa shape index (κ3) is 3.16. The summed E-state index contributed by atoms with van der Waals surface area (Å²) in [5, 5.41) is 3.46. The molecule has 1 N–H and O–H groups in total. The van der Waals surface area contributed by atoms with E-state index in [-0.39, 0.29) is 5.56 Å². The van der Waals surface area contributed by atoms with Gasteiger partial charge in [-0.15, -0.1) is 0 Å². The Morgan fingerprint density at radius 3 is 3.00 bits per heavy atom. The molecule has 1 heterocycles. The molecule has 1 saturated carbocycles. The van der Waals surface area contributed by atoms with E-state index in [1.807, 2.05) is 6.92 Å². The molecule has 0 aromatic carbocycles. The minimum Gasteiger partial charge on any atom is -0.312 e. The van der Waals surface area contributed by atoms with Crippen molar-refractivity contribution in [1.82, 2.24) is 14.9 Å². The van der Waals surface area contributed by atoms with Gasteiger partial charge < -0.3 is 5.32 Å². The van der Waals surface area contributed by atoms with Crippen LogP contribution in [0.5, 0.6) is 0 Å². The van der Waals surface area contributed by atoms with Crippen molar-refractivity contribution in [3.05, 3.63) is 26.8 Å². The lowest BCUT2D eigenvalue weighted by molar-refractivity contribution is 0.466. The van der Waals surface area contributed by atoms with Crippen LogP contribution in [0.15, 0.2) is 15.5 Å². The Balaban J connectivity index is 1.94. The standard InChI is InChI=1S/C12H18BrN3O/c1-8(10-3-4-10)14-5-6-16-9(2)15-7-11(13)12(16)17/h7-8,10,14H,3-6H2,1-2H3. The van der Waals surface area contributed by atoms with Gasteiger partial charge in [-0.1, -0.05) is 0 Å². The van der Waals surface area contributed by atoms with Crippen molar-refractivity contribution in [2.24, 2.45) is 5.92 Å². The predicted octanol–water partition coefficient (Wildman–Crippen LogP) is 1.70. The van der Waals surface area contributed by atoms with Crippen molar-refractivity contribution in [2.75, 3.05) is 6.54 Å². The number of nitrogens with zero attached hydrogens (tertiary/aromatic N) is 2. The van der Waals surface area contributed by atoms with Crippen LogP contribution in [-0.4, -0.2) is 22.1 Å². The van der Waals surface area contributed by atoms with E-state index in [1.54, 1.807) is 10.8 Å². The van der Waals surface area contributed by atoms with Crippen LogP contribution in [0.4, 0.5) is 0 Å². The largest absolute Gasteiger partial charge is 0.312 e. The maximum absolute atomic E-state index is 11.9. The Labute approximate surface area is 110 Å². The van der Waals surface area contributed by atoms with Gasteiger partial charge >= 0.3 is 0 Å². The SMILES string of the molecule is Cc1ncc(Br)c(=O)n1CCNC(C)C1CC1. The lowest BCUT2D eigenvalue weighted by atomic mass is 10.2. The zero-order valence-corrected chi connectivity index (χ0v) is 11.8. The zero-order chi connectivity index (χ0) is 12.4. The van der Waals surface area contributed by atoms with E-state index in [0.717, 1.165) is 18.3 Å². The van der Waals surface area contributed by atoms with Crippen molar-refractivity contribution in [2.45, 2.75) is 39.3 Å². The van der Waals surface area contributed by atoms with Gasteiger partial charge in [0.05, 0.1) is 0 Å². The van der Waals surface area contributed by atoms with Crippen molar-refractivity contribution < 1.29 is 0 Å². The lowest BCUT2D eigenvalue weighted by Crippen LogP contribution is -2.34. The Kier molecular flexibility index (Phi) is 3.99. The van der Waals surface area contributed by atoms with E-state index in [0.29, 0.717) is 17.1 Å². The molecule has 0 radical (unpaired) electrons. The topological polar surface area (TPSA) is 46.9 Å². The molecule has 1 atom stereocenters. The highest BCUT2D eigenvalue weighted by Gasteiger charge is 2.27. The van der Waals surface area contributed by atoms with Crippen molar-refractivity contribution in [3.8, 4) is 0 Å². The molecule has 4 nitrogen and oxygen atoms in total. The summed E-state index contributed by atoms with van der Waals surface area (Å²) >= 11 is 3.22. The molecule has 1 fully saturated rings. The number of aryl methyl sites for hydroxylation is 1. The molecule has 5 heteroatoms. The summed E-state index contributed by atoms with van der Waals surface area (Å²) in [6.45, 7) is 5.56. The van der Waals surface area contributed by atoms with E-state index < -0.39 is 0 Å². The first-order valence-electron chi connectivity index (χ1n) is 6.05. The fourth-order valence-corrected chi connectivity index (χ4v) is 2.30. The van der Waals surface area contributed by atoms with E-state index >= 15 is 0 Å². The number of hydrogen-bond donors (Lipinski definition) is 1. The molecule has 0 saturated heterocycles. The highest BCUT2D eigenvalue weighted by Crippen LogP contribution is 2.32. The van der Waals surface area contributed by atoms with Gasteiger partial charge in [0.25, 0.3) is 5.56 Å². The maximum atomic E-state index is 11.9. The number of rotatable bonds is 5. The fourth-order valence-electron chi connectivity index (χ4n) is 1.98. The Bertz CT molecular complexity index is 454. The molecule has 0 spiro atoms. The monoisotopic (exact) mass is 299 g/mol. The molecular weight excluding hydrogens is 282 g/mol. The van der Waals surface area contributed by atoms with Gasteiger partial charge in [-0.2, -0.15) is 0 Å². The Hall–Kier alpha value is -0.680. The Morgan fingerprint density at radius 1 is 1.65 bits per heavy atom. The van der Waals surface area contributed by atoms with Crippen LogP contribution in [0, 0.1) is 12.8 Å². The fraction of sp³-hybridized carbons (Fsp3) is 0.667. The summed E-state index contributed by atoms with van der Waals surface area (Å²) in [6, 6.07) is 0.561. The summed E-state index contributed by atoms with van der Waals surface area (Å²) < 4.78 is 2.23. The van der Waals surface area contributed by atoms with Gasteiger partial charge in [0, 0.05) is 25.3 Å². The highest BCUT2D eigenvalue weighted by atomic mass is 79.9. The normalized spacial score (nSPS) is 17.1. The summed E-state index contributed by atoms with van der Waals surface area (Å²) in [4.78, 5) is 16.0. The average molecular weight is 300 g/mol. The van der Waals surface area contributed by atoms with E-state index in [2.05, 4.69) is 33.2 Å². The molecule has 17 heavy (non-hydrogen) atoms. The summed E-state index contributed by atoms with van der Waals surface area (Å²) in [5.41, 5.74) is -0.00150. The van der Waals surface area contributed by atoms with Gasteiger partial charge in [-0.25, -0.2) is 4.98 Å². The van der Waals surface area contributed by atoms with Crippen molar-refractivity contribution in [3.63, 3.8) is 0 Å². The molecule has 0 bridgehead atoms. The lowest BCUT2D eigenvalue weighted by Gasteiger charge is -2.14. The number of halogens is 1. The van der Waals surface area contributed by atoms with Crippen LogP contribution in [0.1, 0.15) is 25.6 Å². The van der Waals surface area contributed by atoms with Crippen LogP contribution in [0.3, 0.4) is 0 Å². The van der Waals surface area contributed by atoms with Crippen molar-refractivity contribution in [1.29, 1.82) is 0 Å². The predicted molar refractivity (Wildman–Crippen MR) is 71.1 cm³/mol. The minimum absolute atomic E-state index is 0.00150. The van der Waals surface area contributed by atoms with Crippen LogP contribution < -0.4 is 10.9 Å². The van der Waals surface area contributed by atoms with Crippen LogP contribution in [-0.2, 0) is 6.54 Å². The second-order valence-electron chi connectivity index (χ2n) is 4.69. The van der Waals surface area contributed by atoms with E-state index in [1.165, 1.54) is 12.8 Å². The van der Waals surface area contributed by atoms with Crippen LogP contribution in [0.25, 0.3) is 0 Å². The van der Waals surface area contributed by atoms with E-state index in [9.17, 15) is 4.79 Å². The van der Waals surface area contributed by atoms with Crippen LogP contribution >= 0.6 is 15.9 Å². The first kappa shape index (κ1) is 12.8. The van der Waals surface area contributed by atoms with E-state index in [4.69, 9.17) is 0 Å². The van der Waals surface area contributed by atoms with Crippen LogP contribution in [0.2, 0.25) is 0 Å². The average Bonchev–Trinajstić information content (AvgIpc) is 3.12. The summed E-state index contributed by atoms with van der Waals surface area (Å²) in [7, 11) is 0. The smallest absolute Gasteiger partial charge is 0.267 e. The summed E-state index contributed by atoms with van der Waals surface area (Å²) in [5.74, 6) is 1.60. The third-order valence-electron chi connectivity index (χ3n) is 3.34. The molecule has 0 amide bonds. The first-order valence-corrected chi connectivity index (χ1v) is 6.84. The second kappa shape index (κ2) is 5.31. The number of hydrogen-bond acceptors (Lipinski definition) is 3. The molecule has 0 aliphatic heterocycles. The Morgan fingerprint density at radius 2 is 2.35 bits per heavy atom. The first-order chi connectivity index (χ1) is 8.09. The number of aromatic nitrogens is 2. The maximum Gasteiger partial charge on any atom is 0.267 e. The number of nitrogens with one attached hydrogen (secondary N) is 1. The minimum atomic E-state index is -0.00150. The second-order valence-corrected chi connectivity index (χ2v) is 5.54. The molecular formula is C12H18BrN3O. The molecule has 1 unspecified atom stereocenters. The van der Waals surface area contributed by atoms with Gasteiger partial charge in [0.1, 0.15) is 10.3 Å². The molecule has 1 aliphatic rings. The summed E-state index contributed by atoms with van der Waals surface area (Å²) in [6.07, 6.45) is 4.24. The molecule has 94 valence electrons. The van der Waals surface area contributed by atoms with Gasteiger partial charge in [0.2, 0.25) is 0 Å². The van der Waals surface area contributed by atoms with Gasteiger partial charge in [-0.3, -0.25) is 9.36 Å². The van der Waals surface area contributed by atoms with Gasteiger partial charge in [0.15, 0.2) is 0 Å². The highest BCUT2D eigenvalue weighted by molar-refractivity contribution is 9.10. The molecule has 1 aromatic heterocycles. The van der Waals surface area contributed by atoms with Gasteiger partial charge in [-0.05, 0) is 48.5 Å². The quantitative estimate of drug-likeness (QED) is 0.900. The molecule has 1 aromatic rings. The zero-order valence-electron chi connectivity index (χ0n) is 10.2. The third-order valence-corrected chi connectivity index (χ3v) is 3.88.